The van der Waals surface area contributed by atoms with Gasteiger partial charge in [-0.2, -0.15) is 5.10 Å². The minimum Gasteiger partial charge on any atom is -0.289 e. The highest BCUT2D eigenvalue weighted by Crippen LogP contribution is 2.09. The van der Waals surface area contributed by atoms with Crippen LogP contribution in [0.1, 0.15) is 25.7 Å². The van der Waals surface area contributed by atoms with Crippen LogP contribution in [0.4, 0.5) is 8.78 Å². The Balaban J connectivity index is 2.67. The molecule has 0 saturated carbocycles. The molecule has 0 spiro atoms. The lowest BCUT2D eigenvalue weighted by molar-refractivity contribution is 0.0860. The van der Waals surface area contributed by atoms with Gasteiger partial charge in [-0.15, -0.1) is 0 Å². The highest BCUT2D eigenvalue weighted by atomic mass is 79.9. The average Bonchev–Trinajstić information content (AvgIpc) is 2.65. The predicted octanol–water partition coefficient (Wildman–Crippen LogP) is 2.32. The summed E-state index contributed by atoms with van der Waals surface area (Å²) in [5.74, 6) is 0.724. The third-order valence-electron chi connectivity index (χ3n) is 2.30. The summed E-state index contributed by atoms with van der Waals surface area (Å²) in [6.07, 6.45) is -0.867. The van der Waals surface area contributed by atoms with Crippen LogP contribution in [0, 0.1) is 0 Å². The van der Waals surface area contributed by atoms with Gasteiger partial charge < -0.3 is 0 Å². The summed E-state index contributed by atoms with van der Waals surface area (Å²) < 4.78 is 26.5. The van der Waals surface area contributed by atoms with Gasteiger partial charge in [0.05, 0.1) is 13.1 Å². The van der Waals surface area contributed by atoms with Crippen molar-refractivity contribution in [2.75, 3.05) is 18.4 Å². The van der Waals surface area contributed by atoms with Gasteiger partial charge in [-0.25, -0.2) is 18.4 Å². The zero-order valence-corrected chi connectivity index (χ0v) is 11.6. The molecule has 0 aromatic carbocycles. The van der Waals surface area contributed by atoms with Crippen molar-refractivity contribution in [3.63, 3.8) is 0 Å². The van der Waals surface area contributed by atoms with Crippen molar-refractivity contribution in [3.05, 3.63) is 12.2 Å². The average molecular weight is 311 g/mol. The van der Waals surface area contributed by atoms with E-state index in [1.807, 2.05) is 13.8 Å². The Labute approximate surface area is 108 Å². The van der Waals surface area contributed by atoms with E-state index in [1.54, 1.807) is 9.58 Å². The van der Waals surface area contributed by atoms with Crippen LogP contribution in [0.25, 0.3) is 0 Å². The van der Waals surface area contributed by atoms with Crippen LogP contribution in [-0.4, -0.2) is 44.5 Å². The Morgan fingerprint density at radius 3 is 2.71 bits per heavy atom. The zero-order valence-electron chi connectivity index (χ0n) is 9.98. The molecule has 0 atom stereocenters. The van der Waals surface area contributed by atoms with E-state index in [-0.39, 0.29) is 12.6 Å². The monoisotopic (exact) mass is 310 g/mol. The number of alkyl halides is 3. The molecule has 0 unspecified atom stereocenters. The molecule has 1 aromatic heterocycles. The topological polar surface area (TPSA) is 34.0 Å². The third-order valence-corrected chi connectivity index (χ3v) is 2.65. The zero-order chi connectivity index (χ0) is 12.8. The fourth-order valence-electron chi connectivity index (χ4n) is 1.57. The summed E-state index contributed by atoms with van der Waals surface area (Å²) in [6, 6.07) is 0.185. The molecule has 0 saturated heterocycles. The van der Waals surface area contributed by atoms with Gasteiger partial charge in [0.25, 0.3) is 6.43 Å². The van der Waals surface area contributed by atoms with Crippen molar-refractivity contribution in [1.82, 2.24) is 19.7 Å². The van der Waals surface area contributed by atoms with Crippen molar-refractivity contribution in [1.29, 1.82) is 0 Å². The molecule has 0 aliphatic rings. The second-order valence-corrected chi connectivity index (χ2v) is 4.82. The first-order valence-electron chi connectivity index (χ1n) is 5.49. The number of rotatable bonds is 7. The van der Waals surface area contributed by atoms with Crippen LogP contribution in [0.3, 0.4) is 0 Å². The molecule has 0 aliphatic heterocycles. The molecular weight excluding hydrogens is 294 g/mol. The quantitative estimate of drug-likeness (QED) is 0.725. The van der Waals surface area contributed by atoms with E-state index < -0.39 is 6.43 Å². The van der Waals surface area contributed by atoms with Gasteiger partial charge >= 0.3 is 0 Å². The largest absolute Gasteiger partial charge is 0.289 e. The normalized spacial score (nSPS) is 12.0. The Morgan fingerprint density at radius 2 is 2.18 bits per heavy atom. The molecule has 0 N–H and O–H groups in total. The lowest BCUT2D eigenvalue weighted by atomic mass is 10.4. The maximum Gasteiger partial charge on any atom is 0.251 e. The van der Waals surface area contributed by atoms with Crippen molar-refractivity contribution in [3.8, 4) is 0 Å². The fraction of sp³-hybridized carbons (Fsp3) is 0.800. The Kier molecular flexibility index (Phi) is 5.97. The second kappa shape index (κ2) is 7.00. The highest BCUT2D eigenvalue weighted by molar-refractivity contribution is 9.09. The molecule has 1 aromatic rings. The van der Waals surface area contributed by atoms with Crippen LogP contribution >= 0.6 is 15.9 Å². The summed E-state index contributed by atoms with van der Waals surface area (Å²) in [7, 11) is 0. The van der Waals surface area contributed by atoms with Gasteiger partial charge in [-0.1, -0.05) is 15.9 Å². The molecule has 0 fully saturated rings. The molecular formula is C10H17BrF2N4. The van der Waals surface area contributed by atoms with Crippen molar-refractivity contribution in [2.24, 2.45) is 0 Å². The second-order valence-electron chi connectivity index (χ2n) is 4.03. The summed E-state index contributed by atoms with van der Waals surface area (Å²) in [6.45, 7) is 4.69. The standard InChI is InChI=1S/C10H17BrF2N4/c1-8(2)17-10(14-7-15-17)6-16(4-3-11)5-9(12)13/h7-9H,3-6H2,1-2H3. The first-order chi connectivity index (χ1) is 8.04. The maximum absolute atomic E-state index is 12.4. The first-order valence-corrected chi connectivity index (χ1v) is 6.61. The number of hydrogen-bond donors (Lipinski definition) is 0. The minimum atomic E-state index is -2.33. The predicted molar refractivity (Wildman–Crippen MR) is 65.5 cm³/mol. The van der Waals surface area contributed by atoms with Crippen molar-refractivity contribution in [2.45, 2.75) is 32.9 Å². The summed E-state index contributed by atoms with van der Waals surface area (Å²) >= 11 is 3.26. The minimum absolute atomic E-state index is 0.185. The first kappa shape index (κ1) is 14.5. The van der Waals surface area contributed by atoms with Crippen LogP contribution in [-0.2, 0) is 6.54 Å². The number of nitrogens with zero attached hydrogens (tertiary/aromatic N) is 4. The number of halogens is 3. The molecule has 0 radical (unpaired) electrons. The number of aromatic nitrogens is 3. The van der Waals surface area contributed by atoms with Crippen LogP contribution < -0.4 is 0 Å². The van der Waals surface area contributed by atoms with Gasteiger partial charge in [0, 0.05) is 17.9 Å². The molecule has 0 aliphatic carbocycles. The van der Waals surface area contributed by atoms with Crippen LogP contribution in [0.2, 0.25) is 0 Å². The molecule has 1 heterocycles. The van der Waals surface area contributed by atoms with Gasteiger partial charge in [-0.3, -0.25) is 4.90 Å². The van der Waals surface area contributed by atoms with E-state index in [0.717, 1.165) is 5.82 Å². The summed E-state index contributed by atoms with van der Waals surface area (Å²) in [5.41, 5.74) is 0. The van der Waals surface area contributed by atoms with E-state index in [4.69, 9.17) is 0 Å². The lowest BCUT2D eigenvalue weighted by Crippen LogP contribution is -2.31. The molecule has 98 valence electrons. The van der Waals surface area contributed by atoms with E-state index in [9.17, 15) is 8.78 Å². The Hall–Kier alpha value is -0.560. The maximum atomic E-state index is 12.4. The Morgan fingerprint density at radius 1 is 1.47 bits per heavy atom. The molecule has 0 amide bonds. The number of hydrogen-bond acceptors (Lipinski definition) is 3. The van der Waals surface area contributed by atoms with E-state index in [1.165, 1.54) is 6.33 Å². The van der Waals surface area contributed by atoms with Gasteiger partial charge in [-0.05, 0) is 13.8 Å². The third kappa shape index (κ3) is 4.67. The SMILES string of the molecule is CC(C)n1ncnc1CN(CCBr)CC(F)F. The summed E-state index contributed by atoms with van der Waals surface area (Å²) in [4.78, 5) is 5.79. The van der Waals surface area contributed by atoms with Gasteiger partial charge in [0.15, 0.2) is 0 Å². The van der Waals surface area contributed by atoms with Crippen molar-refractivity contribution < 1.29 is 8.78 Å². The van der Waals surface area contributed by atoms with E-state index in [0.29, 0.717) is 18.4 Å². The molecule has 0 bridgehead atoms. The van der Waals surface area contributed by atoms with Gasteiger partial charge in [0.2, 0.25) is 0 Å². The van der Waals surface area contributed by atoms with Crippen LogP contribution in [0.5, 0.6) is 0 Å². The Bertz CT molecular complexity index is 330. The van der Waals surface area contributed by atoms with Gasteiger partial charge in [0.1, 0.15) is 12.2 Å². The van der Waals surface area contributed by atoms with Crippen molar-refractivity contribution >= 4 is 15.9 Å². The lowest BCUT2D eigenvalue weighted by Gasteiger charge is -2.21. The van der Waals surface area contributed by atoms with E-state index >= 15 is 0 Å². The summed E-state index contributed by atoms with van der Waals surface area (Å²) in [5, 5.41) is 4.75. The molecule has 17 heavy (non-hydrogen) atoms. The van der Waals surface area contributed by atoms with Crippen LogP contribution in [0.15, 0.2) is 6.33 Å². The molecule has 4 nitrogen and oxygen atoms in total. The fourth-order valence-corrected chi connectivity index (χ4v) is 2.07. The smallest absolute Gasteiger partial charge is 0.251 e. The molecule has 1 rings (SSSR count). The highest BCUT2D eigenvalue weighted by Gasteiger charge is 2.15. The molecule has 7 heteroatoms. The van der Waals surface area contributed by atoms with E-state index in [2.05, 4.69) is 26.0 Å².